The summed E-state index contributed by atoms with van der Waals surface area (Å²) in [5.74, 6) is 0.988. The predicted molar refractivity (Wildman–Crippen MR) is 105 cm³/mol. The highest BCUT2D eigenvalue weighted by atomic mass is 16.5. The van der Waals surface area contributed by atoms with Crippen molar-refractivity contribution in [3.63, 3.8) is 0 Å². The van der Waals surface area contributed by atoms with Crippen molar-refractivity contribution in [3.8, 4) is 11.5 Å². The van der Waals surface area contributed by atoms with E-state index in [1.54, 1.807) is 38.5 Å². The molecule has 3 aromatic rings. The van der Waals surface area contributed by atoms with Gasteiger partial charge in [0.2, 0.25) is 0 Å². The van der Waals surface area contributed by atoms with E-state index in [-0.39, 0.29) is 17.5 Å². The molecule has 0 fully saturated rings. The lowest BCUT2D eigenvalue weighted by Crippen LogP contribution is -2.28. The van der Waals surface area contributed by atoms with Crippen molar-refractivity contribution in [2.45, 2.75) is 19.9 Å². The number of hydrogen-bond donors (Lipinski definition) is 2. The molecule has 0 aliphatic carbocycles. The minimum atomic E-state index is -0.261. The van der Waals surface area contributed by atoms with Crippen molar-refractivity contribution in [3.05, 3.63) is 69.6 Å². The van der Waals surface area contributed by atoms with Crippen LogP contribution in [0.1, 0.15) is 34.5 Å². The maximum absolute atomic E-state index is 12.9. The molecular formula is C21H22N2O4. The highest BCUT2D eigenvalue weighted by molar-refractivity contribution is 6.06. The second kappa shape index (κ2) is 7.53. The van der Waals surface area contributed by atoms with E-state index in [1.807, 2.05) is 26.0 Å². The van der Waals surface area contributed by atoms with E-state index in [1.165, 1.54) is 6.20 Å². The Morgan fingerprint density at radius 3 is 2.37 bits per heavy atom. The molecular weight excluding hydrogens is 344 g/mol. The second-order valence-electron chi connectivity index (χ2n) is 6.34. The van der Waals surface area contributed by atoms with Crippen LogP contribution in [0.15, 0.2) is 47.4 Å². The molecule has 6 nitrogen and oxygen atoms in total. The predicted octanol–water partition coefficient (Wildman–Crippen LogP) is 3.34. The molecule has 1 amide bonds. The van der Waals surface area contributed by atoms with Gasteiger partial charge in [-0.1, -0.05) is 18.2 Å². The highest BCUT2D eigenvalue weighted by Gasteiger charge is 2.18. The summed E-state index contributed by atoms with van der Waals surface area (Å²) in [5, 5.41) is 4.10. The van der Waals surface area contributed by atoms with Gasteiger partial charge in [0, 0.05) is 17.0 Å². The molecule has 0 bridgehead atoms. The van der Waals surface area contributed by atoms with E-state index in [9.17, 15) is 9.59 Å². The van der Waals surface area contributed by atoms with Gasteiger partial charge in [0.25, 0.3) is 11.5 Å². The van der Waals surface area contributed by atoms with Gasteiger partial charge in [0.15, 0.2) is 11.5 Å². The summed E-state index contributed by atoms with van der Waals surface area (Å²) < 4.78 is 10.7. The van der Waals surface area contributed by atoms with E-state index in [2.05, 4.69) is 10.3 Å². The van der Waals surface area contributed by atoms with Crippen LogP contribution in [-0.2, 0) is 0 Å². The summed E-state index contributed by atoms with van der Waals surface area (Å²) in [5.41, 5.74) is 2.11. The minimum absolute atomic E-state index is 0.217. The Bertz CT molecular complexity index is 1060. The minimum Gasteiger partial charge on any atom is -0.493 e. The fourth-order valence-corrected chi connectivity index (χ4v) is 3.21. The summed E-state index contributed by atoms with van der Waals surface area (Å²) in [6, 6.07) is 10.5. The van der Waals surface area contributed by atoms with Crippen molar-refractivity contribution in [2.24, 2.45) is 0 Å². The van der Waals surface area contributed by atoms with Gasteiger partial charge in [0.05, 0.1) is 25.8 Å². The van der Waals surface area contributed by atoms with Crippen LogP contribution in [0.3, 0.4) is 0 Å². The molecule has 140 valence electrons. The quantitative estimate of drug-likeness (QED) is 0.726. The summed E-state index contributed by atoms with van der Waals surface area (Å²) in [7, 11) is 3.16. The standard InChI is InChI=1S/C21H22N2O4/c1-12-9-18(26-3)19(27-4)10-16(12)13(2)23-21(25)17-11-22-20(24)15-8-6-5-7-14(15)17/h5-11,13H,1-4H3,(H,22,24)(H,23,25)/t13-/m1/s1. The smallest absolute Gasteiger partial charge is 0.255 e. The number of nitrogens with one attached hydrogen (secondary N) is 2. The average molecular weight is 366 g/mol. The number of methoxy groups -OCH3 is 2. The van der Waals surface area contributed by atoms with Crippen molar-refractivity contribution < 1.29 is 14.3 Å². The molecule has 0 spiro atoms. The molecule has 0 unspecified atom stereocenters. The normalized spacial score (nSPS) is 11.9. The zero-order chi connectivity index (χ0) is 19.6. The van der Waals surface area contributed by atoms with E-state index in [0.717, 1.165) is 11.1 Å². The Labute approximate surface area is 157 Å². The third kappa shape index (κ3) is 3.51. The average Bonchev–Trinajstić information content (AvgIpc) is 2.67. The third-order valence-corrected chi connectivity index (χ3v) is 4.64. The van der Waals surface area contributed by atoms with Crippen LogP contribution in [0.4, 0.5) is 0 Å². The number of aromatic amines is 1. The summed E-state index contributed by atoms with van der Waals surface area (Å²) in [6.45, 7) is 3.86. The number of hydrogen-bond acceptors (Lipinski definition) is 4. The van der Waals surface area contributed by atoms with Crippen LogP contribution in [-0.4, -0.2) is 25.1 Å². The zero-order valence-electron chi connectivity index (χ0n) is 15.8. The molecule has 0 aliphatic rings. The van der Waals surface area contributed by atoms with Gasteiger partial charge in [0.1, 0.15) is 0 Å². The largest absolute Gasteiger partial charge is 0.493 e. The van der Waals surface area contributed by atoms with E-state index in [0.29, 0.717) is 27.8 Å². The van der Waals surface area contributed by atoms with Crippen LogP contribution < -0.4 is 20.3 Å². The lowest BCUT2D eigenvalue weighted by atomic mass is 10.0. The number of rotatable bonds is 5. The number of fused-ring (bicyclic) bond motifs is 1. The second-order valence-corrected chi connectivity index (χ2v) is 6.34. The molecule has 0 aliphatic heterocycles. The van der Waals surface area contributed by atoms with Gasteiger partial charge in [-0.2, -0.15) is 0 Å². The van der Waals surface area contributed by atoms with Crippen LogP contribution in [0, 0.1) is 6.92 Å². The molecule has 1 heterocycles. The number of aromatic nitrogens is 1. The molecule has 27 heavy (non-hydrogen) atoms. The van der Waals surface area contributed by atoms with Crippen molar-refractivity contribution >= 4 is 16.7 Å². The fourth-order valence-electron chi connectivity index (χ4n) is 3.21. The monoisotopic (exact) mass is 366 g/mol. The molecule has 2 N–H and O–H groups in total. The molecule has 6 heteroatoms. The number of benzene rings is 2. The van der Waals surface area contributed by atoms with Crippen molar-refractivity contribution in [1.29, 1.82) is 0 Å². The van der Waals surface area contributed by atoms with Crippen molar-refractivity contribution in [2.75, 3.05) is 14.2 Å². The summed E-state index contributed by atoms with van der Waals surface area (Å²) in [4.78, 5) is 27.4. The van der Waals surface area contributed by atoms with E-state index >= 15 is 0 Å². The van der Waals surface area contributed by atoms with E-state index in [4.69, 9.17) is 9.47 Å². The van der Waals surface area contributed by atoms with Crippen LogP contribution in [0.25, 0.3) is 10.8 Å². The first kappa shape index (κ1) is 18.5. The molecule has 0 radical (unpaired) electrons. The van der Waals surface area contributed by atoms with Gasteiger partial charge in [-0.3, -0.25) is 9.59 Å². The Morgan fingerprint density at radius 1 is 1.07 bits per heavy atom. The number of pyridine rings is 1. The lowest BCUT2D eigenvalue weighted by Gasteiger charge is -2.19. The molecule has 2 aromatic carbocycles. The Balaban J connectivity index is 1.93. The number of ether oxygens (including phenoxy) is 2. The topological polar surface area (TPSA) is 80.4 Å². The van der Waals surface area contributed by atoms with Crippen molar-refractivity contribution in [1.82, 2.24) is 10.3 Å². The third-order valence-electron chi connectivity index (χ3n) is 4.64. The fraction of sp³-hybridized carbons (Fsp3) is 0.238. The van der Waals surface area contributed by atoms with Gasteiger partial charge < -0.3 is 19.8 Å². The summed E-state index contributed by atoms with van der Waals surface area (Å²) in [6.07, 6.45) is 1.45. The first-order chi connectivity index (χ1) is 13.0. The number of aryl methyl sites for hydroxylation is 1. The lowest BCUT2D eigenvalue weighted by molar-refractivity contribution is 0.0941. The summed E-state index contributed by atoms with van der Waals surface area (Å²) >= 11 is 0. The highest BCUT2D eigenvalue weighted by Crippen LogP contribution is 2.33. The van der Waals surface area contributed by atoms with Crippen LogP contribution in [0.2, 0.25) is 0 Å². The molecule has 3 rings (SSSR count). The molecule has 1 atom stereocenters. The number of carbonyl (C=O) groups is 1. The molecule has 1 aromatic heterocycles. The van der Waals surface area contributed by atoms with Gasteiger partial charge in [-0.25, -0.2) is 0 Å². The zero-order valence-corrected chi connectivity index (χ0v) is 15.8. The molecule has 0 saturated carbocycles. The van der Waals surface area contributed by atoms with Gasteiger partial charge >= 0.3 is 0 Å². The maximum atomic E-state index is 12.9. The van der Waals surface area contributed by atoms with Gasteiger partial charge in [-0.05, 0) is 43.2 Å². The maximum Gasteiger partial charge on any atom is 0.255 e. The first-order valence-electron chi connectivity index (χ1n) is 8.60. The Kier molecular flexibility index (Phi) is 5.16. The van der Waals surface area contributed by atoms with E-state index < -0.39 is 0 Å². The number of amides is 1. The Hall–Kier alpha value is -3.28. The molecule has 0 saturated heterocycles. The number of H-pyrrole nitrogens is 1. The van der Waals surface area contributed by atoms with Gasteiger partial charge in [-0.15, -0.1) is 0 Å². The van der Waals surface area contributed by atoms with Crippen LogP contribution >= 0.6 is 0 Å². The van der Waals surface area contributed by atoms with Crippen LogP contribution in [0.5, 0.6) is 11.5 Å². The first-order valence-corrected chi connectivity index (χ1v) is 8.60. The Morgan fingerprint density at radius 2 is 1.70 bits per heavy atom. The SMILES string of the molecule is COc1cc(C)c([C@@H](C)NC(=O)c2c[nH]c(=O)c3ccccc23)cc1OC. The number of carbonyl (C=O) groups excluding carboxylic acids is 1.